The van der Waals surface area contributed by atoms with E-state index in [-0.39, 0.29) is 0 Å². The Kier molecular flexibility index (Phi) is 10.1. The maximum Gasteiger partial charge on any atom is 0.0266 e. The summed E-state index contributed by atoms with van der Waals surface area (Å²) in [6.45, 7) is 10.7. The van der Waals surface area contributed by atoms with Gasteiger partial charge in [-0.15, -0.1) is 0 Å². The standard InChI is InChI=1S/C15H27N/c1-5-7-8-9-14(3)13-15(4)10-12-16-11-6-2/h10-12,14H,4-9,13H2,1-3H3/b12-10-,16-11-. The molecule has 0 N–H and O–H groups in total. The number of aliphatic imine (C=N–C) groups is 1. The molecule has 0 aliphatic carbocycles. The second kappa shape index (κ2) is 10.7. The zero-order valence-corrected chi connectivity index (χ0v) is 11.2. The highest BCUT2D eigenvalue weighted by molar-refractivity contribution is 5.57. The summed E-state index contributed by atoms with van der Waals surface area (Å²) in [5.74, 6) is 0.749. The predicted octanol–water partition coefficient (Wildman–Crippen LogP) is 5.14. The van der Waals surface area contributed by atoms with Gasteiger partial charge in [0, 0.05) is 12.4 Å². The van der Waals surface area contributed by atoms with Crippen molar-refractivity contribution in [2.75, 3.05) is 0 Å². The Balaban J connectivity index is 3.69. The van der Waals surface area contributed by atoms with Gasteiger partial charge in [0.05, 0.1) is 0 Å². The lowest BCUT2D eigenvalue weighted by Crippen LogP contribution is -1.95. The van der Waals surface area contributed by atoms with Gasteiger partial charge in [-0.25, -0.2) is 0 Å². The van der Waals surface area contributed by atoms with Crippen LogP contribution in [0.5, 0.6) is 0 Å². The molecule has 92 valence electrons. The molecule has 0 radical (unpaired) electrons. The van der Waals surface area contributed by atoms with Crippen LogP contribution in [0.15, 0.2) is 29.4 Å². The fourth-order valence-corrected chi connectivity index (χ4v) is 1.68. The van der Waals surface area contributed by atoms with Gasteiger partial charge in [0.15, 0.2) is 0 Å². The highest BCUT2D eigenvalue weighted by Crippen LogP contribution is 2.17. The molecular formula is C15H27N. The first-order valence-corrected chi connectivity index (χ1v) is 6.56. The average Bonchev–Trinajstić information content (AvgIpc) is 2.25. The molecule has 1 nitrogen and oxygen atoms in total. The lowest BCUT2D eigenvalue weighted by Gasteiger charge is -2.10. The van der Waals surface area contributed by atoms with Crippen LogP contribution in [0, 0.1) is 5.92 Å². The predicted molar refractivity (Wildman–Crippen MR) is 75.0 cm³/mol. The number of rotatable bonds is 9. The minimum Gasteiger partial charge on any atom is -0.269 e. The van der Waals surface area contributed by atoms with Crippen LogP contribution in [0.3, 0.4) is 0 Å². The zero-order valence-electron chi connectivity index (χ0n) is 11.2. The number of hydrogen-bond acceptors (Lipinski definition) is 1. The Hall–Kier alpha value is -0.850. The van der Waals surface area contributed by atoms with Gasteiger partial charge < -0.3 is 0 Å². The summed E-state index contributed by atoms with van der Waals surface area (Å²) in [5.41, 5.74) is 1.19. The van der Waals surface area contributed by atoms with Gasteiger partial charge >= 0.3 is 0 Å². The van der Waals surface area contributed by atoms with Crippen LogP contribution in [0.1, 0.15) is 59.3 Å². The summed E-state index contributed by atoms with van der Waals surface area (Å²) in [7, 11) is 0. The largest absolute Gasteiger partial charge is 0.269 e. The van der Waals surface area contributed by atoms with Crippen LogP contribution >= 0.6 is 0 Å². The topological polar surface area (TPSA) is 12.4 Å². The van der Waals surface area contributed by atoms with Gasteiger partial charge in [-0.1, -0.05) is 58.6 Å². The van der Waals surface area contributed by atoms with Gasteiger partial charge in [-0.2, -0.15) is 0 Å². The van der Waals surface area contributed by atoms with E-state index in [1.165, 1.54) is 31.3 Å². The third-order valence-corrected chi connectivity index (χ3v) is 2.60. The molecule has 0 aliphatic rings. The van der Waals surface area contributed by atoms with Crippen LogP contribution in [0.4, 0.5) is 0 Å². The SMILES string of the molecule is C=C(/C=C\N=C/CC)CC(C)CCCCC. The van der Waals surface area contributed by atoms with E-state index in [0.717, 1.165) is 18.8 Å². The average molecular weight is 221 g/mol. The number of allylic oxidation sites excluding steroid dienone is 2. The van der Waals surface area contributed by atoms with Gasteiger partial charge in [-0.05, 0) is 24.8 Å². The van der Waals surface area contributed by atoms with E-state index in [0.29, 0.717) is 0 Å². The molecular weight excluding hydrogens is 194 g/mol. The molecule has 0 aromatic carbocycles. The maximum atomic E-state index is 4.15. The fourth-order valence-electron chi connectivity index (χ4n) is 1.68. The Morgan fingerprint density at radius 3 is 2.69 bits per heavy atom. The Bertz CT molecular complexity index is 226. The first-order chi connectivity index (χ1) is 7.70. The van der Waals surface area contributed by atoms with Gasteiger partial charge in [0.25, 0.3) is 0 Å². The van der Waals surface area contributed by atoms with Gasteiger partial charge in [-0.3, -0.25) is 4.99 Å². The summed E-state index contributed by atoms with van der Waals surface area (Å²) < 4.78 is 0. The van der Waals surface area contributed by atoms with Crippen molar-refractivity contribution < 1.29 is 0 Å². The van der Waals surface area contributed by atoms with E-state index < -0.39 is 0 Å². The van der Waals surface area contributed by atoms with Crippen molar-refractivity contribution in [2.24, 2.45) is 10.9 Å². The first-order valence-electron chi connectivity index (χ1n) is 6.56. The van der Waals surface area contributed by atoms with Crippen molar-refractivity contribution >= 4 is 6.21 Å². The molecule has 1 unspecified atom stereocenters. The van der Waals surface area contributed by atoms with Crippen molar-refractivity contribution in [1.82, 2.24) is 0 Å². The Labute approximate surface area is 101 Å². The van der Waals surface area contributed by atoms with E-state index in [4.69, 9.17) is 0 Å². The lowest BCUT2D eigenvalue weighted by atomic mass is 9.96. The highest BCUT2D eigenvalue weighted by atomic mass is 14.7. The summed E-state index contributed by atoms with van der Waals surface area (Å²) in [4.78, 5) is 4.15. The van der Waals surface area contributed by atoms with E-state index in [1.807, 2.05) is 18.5 Å². The second-order valence-electron chi connectivity index (χ2n) is 4.52. The third kappa shape index (κ3) is 9.70. The molecule has 1 atom stereocenters. The molecule has 0 fully saturated rings. The van der Waals surface area contributed by atoms with E-state index in [9.17, 15) is 0 Å². The first kappa shape index (κ1) is 15.2. The minimum absolute atomic E-state index is 0.749. The maximum absolute atomic E-state index is 4.15. The molecule has 0 aliphatic heterocycles. The van der Waals surface area contributed by atoms with Crippen LogP contribution in [-0.2, 0) is 0 Å². The fraction of sp³-hybridized carbons (Fsp3) is 0.667. The summed E-state index contributed by atoms with van der Waals surface area (Å²) in [5, 5.41) is 0. The van der Waals surface area contributed by atoms with E-state index in [1.54, 1.807) is 0 Å². The number of unbranched alkanes of at least 4 members (excludes halogenated alkanes) is 2. The van der Waals surface area contributed by atoms with Crippen LogP contribution in [0.25, 0.3) is 0 Å². The molecule has 16 heavy (non-hydrogen) atoms. The Morgan fingerprint density at radius 1 is 1.31 bits per heavy atom. The van der Waals surface area contributed by atoms with E-state index >= 15 is 0 Å². The molecule has 0 saturated carbocycles. The van der Waals surface area contributed by atoms with Crippen molar-refractivity contribution in [3.8, 4) is 0 Å². The Morgan fingerprint density at radius 2 is 2.06 bits per heavy atom. The van der Waals surface area contributed by atoms with Crippen LogP contribution in [0.2, 0.25) is 0 Å². The van der Waals surface area contributed by atoms with Crippen molar-refractivity contribution in [3.63, 3.8) is 0 Å². The smallest absolute Gasteiger partial charge is 0.0266 e. The molecule has 0 rings (SSSR count). The number of hydrogen-bond donors (Lipinski definition) is 0. The molecule has 0 aromatic rings. The van der Waals surface area contributed by atoms with Crippen molar-refractivity contribution in [2.45, 2.75) is 59.3 Å². The molecule has 0 spiro atoms. The molecule has 0 amide bonds. The quantitative estimate of drug-likeness (QED) is 0.290. The third-order valence-electron chi connectivity index (χ3n) is 2.60. The molecule has 0 saturated heterocycles. The van der Waals surface area contributed by atoms with Gasteiger partial charge in [0.2, 0.25) is 0 Å². The molecule has 0 aromatic heterocycles. The zero-order chi connectivity index (χ0) is 12.2. The molecule has 0 bridgehead atoms. The monoisotopic (exact) mass is 221 g/mol. The van der Waals surface area contributed by atoms with Crippen LogP contribution < -0.4 is 0 Å². The van der Waals surface area contributed by atoms with Crippen molar-refractivity contribution in [3.05, 3.63) is 24.4 Å². The lowest BCUT2D eigenvalue weighted by molar-refractivity contribution is 0.495. The highest BCUT2D eigenvalue weighted by Gasteiger charge is 2.02. The minimum atomic E-state index is 0.749. The van der Waals surface area contributed by atoms with Crippen molar-refractivity contribution in [1.29, 1.82) is 0 Å². The van der Waals surface area contributed by atoms with Gasteiger partial charge in [0.1, 0.15) is 0 Å². The second-order valence-corrected chi connectivity index (χ2v) is 4.52. The molecule has 0 heterocycles. The summed E-state index contributed by atoms with van der Waals surface area (Å²) in [6, 6.07) is 0. The van der Waals surface area contributed by atoms with Crippen LogP contribution in [-0.4, -0.2) is 6.21 Å². The number of nitrogens with zero attached hydrogens (tertiary/aromatic N) is 1. The normalized spacial score (nSPS) is 13.7. The summed E-state index contributed by atoms with van der Waals surface area (Å²) in [6.07, 6.45) is 13.2. The molecule has 1 heteroatoms. The van der Waals surface area contributed by atoms with E-state index in [2.05, 4.69) is 32.3 Å². The summed E-state index contributed by atoms with van der Waals surface area (Å²) >= 11 is 0.